The van der Waals surface area contributed by atoms with E-state index in [4.69, 9.17) is 0 Å². The van der Waals surface area contributed by atoms with E-state index in [1.54, 1.807) is 23.7 Å². The van der Waals surface area contributed by atoms with Gasteiger partial charge in [0.1, 0.15) is 5.75 Å². The minimum atomic E-state index is -1.38. The number of halogens is 1. The molecule has 3 aromatic rings. The van der Waals surface area contributed by atoms with Crippen molar-refractivity contribution >= 4 is 43.6 Å². The van der Waals surface area contributed by atoms with Crippen LogP contribution in [0.1, 0.15) is 21.6 Å². The van der Waals surface area contributed by atoms with Gasteiger partial charge >= 0.3 is 5.97 Å². The Morgan fingerprint density at radius 2 is 2.00 bits per heavy atom. The lowest BCUT2D eigenvalue weighted by Crippen LogP contribution is -2.08. The zero-order valence-corrected chi connectivity index (χ0v) is 16.0. The first-order chi connectivity index (χ1) is 11.8. The molecule has 3 rings (SSSR count). The summed E-state index contributed by atoms with van der Waals surface area (Å²) in [6.45, 7) is 1.92. The molecule has 0 aliphatic rings. The van der Waals surface area contributed by atoms with Gasteiger partial charge in [0, 0.05) is 23.0 Å². The lowest BCUT2D eigenvalue weighted by Gasteiger charge is -2.07. The van der Waals surface area contributed by atoms with Crippen LogP contribution < -0.4 is 0 Å². The molecule has 1 heterocycles. The Kier molecular flexibility index (Phi) is 4.71. The predicted octanol–water partition coefficient (Wildman–Crippen LogP) is 3.96. The van der Waals surface area contributed by atoms with Crippen molar-refractivity contribution < 1.29 is 19.2 Å². The number of rotatable bonds is 4. The van der Waals surface area contributed by atoms with Crippen molar-refractivity contribution in [3.05, 3.63) is 57.7 Å². The van der Waals surface area contributed by atoms with Gasteiger partial charge in [0.05, 0.1) is 32.1 Å². The zero-order chi connectivity index (χ0) is 18.3. The SMILES string of the molecule is Cc1cccc(S(=O)Cc2c(C(=O)O)c3cc(O)c(Br)cc3n2C)c1. The van der Waals surface area contributed by atoms with Crippen molar-refractivity contribution in [2.45, 2.75) is 17.6 Å². The highest BCUT2D eigenvalue weighted by Crippen LogP contribution is 2.34. The van der Waals surface area contributed by atoms with Gasteiger partial charge in [0.15, 0.2) is 0 Å². The number of aromatic nitrogens is 1. The molecule has 0 aliphatic heterocycles. The van der Waals surface area contributed by atoms with E-state index >= 15 is 0 Å². The largest absolute Gasteiger partial charge is 0.507 e. The number of phenols is 1. The summed E-state index contributed by atoms with van der Waals surface area (Å²) in [5, 5.41) is 20.0. The molecule has 1 aromatic heterocycles. The molecule has 0 radical (unpaired) electrons. The Bertz CT molecular complexity index is 1030. The topological polar surface area (TPSA) is 79.5 Å². The number of hydrogen-bond acceptors (Lipinski definition) is 3. The number of nitrogens with zero attached hydrogens (tertiary/aromatic N) is 1. The monoisotopic (exact) mass is 421 g/mol. The first-order valence-electron chi connectivity index (χ1n) is 7.47. The number of benzene rings is 2. The molecule has 0 aliphatic carbocycles. The molecular weight excluding hydrogens is 406 g/mol. The lowest BCUT2D eigenvalue weighted by atomic mass is 10.1. The van der Waals surface area contributed by atoms with Crippen LogP contribution in [0, 0.1) is 6.92 Å². The van der Waals surface area contributed by atoms with E-state index in [9.17, 15) is 19.2 Å². The second kappa shape index (κ2) is 6.65. The minimum absolute atomic E-state index is 0.0352. The van der Waals surface area contributed by atoms with E-state index in [1.807, 2.05) is 25.1 Å². The molecule has 0 amide bonds. The molecule has 0 fully saturated rings. The first-order valence-corrected chi connectivity index (χ1v) is 9.59. The highest BCUT2D eigenvalue weighted by Gasteiger charge is 2.23. The summed E-state index contributed by atoms with van der Waals surface area (Å²) in [7, 11) is 0.360. The van der Waals surface area contributed by atoms with Crippen LogP contribution >= 0.6 is 15.9 Å². The van der Waals surface area contributed by atoms with Crippen LogP contribution in [-0.4, -0.2) is 25.0 Å². The molecule has 0 bridgehead atoms. The van der Waals surface area contributed by atoms with Crippen molar-refractivity contribution in [2.75, 3.05) is 0 Å². The Balaban J connectivity index is 2.15. The average molecular weight is 422 g/mol. The van der Waals surface area contributed by atoms with Crippen LogP contribution in [0.4, 0.5) is 0 Å². The first kappa shape index (κ1) is 17.7. The number of carboxylic acid groups (broad SMARTS) is 1. The van der Waals surface area contributed by atoms with E-state index in [1.165, 1.54) is 6.07 Å². The summed E-state index contributed by atoms with van der Waals surface area (Å²) < 4.78 is 14.9. The highest BCUT2D eigenvalue weighted by molar-refractivity contribution is 9.10. The van der Waals surface area contributed by atoms with Gasteiger partial charge in [-0.3, -0.25) is 4.21 Å². The number of aryl methyl sites for hydroxylation is 2. The Morgan fingerprint density at radius 3 is 2.64 bits per heavy atom. The molecular formula is C18H16BrNO4S. The Labute approximate surface area is 155 Å². The number of fused-ring (bicyclic) bond motifs is 1. The van der Waals surface area contributed by atoms with Crippen molar-refractivity contribution in [3.63, 3.8) is 0 Å². The number of phenolic OH excluding ortho intramolecular Hbond substituents is 1. The normalized spacial score (nSPS) is 12.4. The van der Waals surface area contributed by atoms with Crippen molar-refractivity contribution in [2.24, 2.45) is 7.05 Å². The quantitative estimate of drug-likeness (QED) is 0.667. The van der Waals surface area contributed by atoms with Gasteiger partial charge in [-0.15, -0.1) is 0 Å². The molecule has 5 nitrogen and oxygen atoms in total. The van der Waals surface area contributed by atoms with Gasteiger partial charge in [-0.1, -0.05) is 12.1 Å². The minimum Gasteiger partial charge on any atom is -0.507 e. The molecule has 0 saturated carbocycles. The summed E-state index contributed by atoms with van der Waals surface area (Å²) in [5.74, 6) is -1.07. The van der Waals surface area contributed by atoms with Crippen molar-refractivity contribution in [3.8, 4) is 5.75 Å². The molecule has 0 saturated heterocycles. The average Bonchev–Trinajstić information content (AvgIpc) is 2.80. The van der Waals surface area contributed by atoms with Crippen molar-refractivity contribution in [1.82, 2.24) is 4.57 Å². The molecule has 130 valence electrons. The summed E-state index contributed by atoms with van der Waals surface area (Å²) in [6.07, 6.45) is 0. The standard InChI is InChI=1S/C18H16BrNO4S/c1-10-4-3-5-11(6-10)25(24)9-15-17(18(22)23)12-7-16(21)13(19)8-14(12)20(15)2/h3-8,21H,9H2,1-2H3,(H,22,23). The highest BCUT2D eigenvalue weighted by atomic mass is 79.9. The molecule has 1 atom stereocenters. The van der Waals surface area contributed by atoms with Gasteiger partial charge in [-0.05, 0) is 52.7 Å². The van der Waals surface area contributed by atoms with E-state index in [0.717, 1.165) is 5.56 Å². The predicted molar refractivity (Wildman–Crippen MR) is 101 cm³/mol. The molecule has 0 spiro atoms. The fourth-order valence-electron chi connectivity index (χ4n) is 2.87. The Hall–Kier alpha value is -2.12. The number of hydrogen-bond donors (Lipinski definition) is 2. The second-order valence-electron chi connectivity index (χ2n) is 5.81. The van der Waals surface area contributed by atoms with Crippen molar-refractivity contribution in [1.29, 1.82) is 0 Å². The molecule has 2 N–H and O–H groups in total. The maximum atomic E-state index is 12.8. The van der Waals surface area contributed by atoms with Gasteiger partial charge in [0.25, 0.3) is 0 Å². The number of carbonyl (C=O) groups is 1. The van der Waals surface area contributed by atoms with Gasteiger partial charge in [0.2, 0.25) is 0 Å². The number of carboxylic acids is 1. The van der Waals surface area contributed by atoms with E-state index in [0.29, 0.717) is 26.0 Å². The molecule has 2 aromatic carbocycles. The van der Waals surface area contributed by atoms with E-state index in [-0.39, 0.29) is 17.1 Å². The fourth-order valence-corrected chi connectivity index (χ4v) is 4.50. The van der Waals surface area contributed by atoms with E-state index < -0.39 is 16.8 Å². The lowest BCUT2D eigenvalue weighted by molar-refractivity contribution is 0.0698. The van der Waals surface area contributed by atoms with Crippen LogP contribution in [0.5, 0.6) is 5.75 Å². The summed E-state index contributed by atoms with van der Waals surface area (Å²) in [5.41, 5.74) is 2.18. The molecule has 25 heavy (non-hydrogen) atoms. The van der Waals surface area contributed by atoms with Crippen LogP contribution in [0.3, 0.4) is 0 Å². The van der Waals surface area contributed by atoms with Crippen LogP contribution in [0.25, 0.3) is 10.9 Å². The number of aromatic hydroxyl groups is 1. The smallest absolute Gasteiger partial charge is 0.338 e. The zero-order valence-electron chi connectivity index (χ0n) is 13.6. The number of aromatic carboxylic acids is 1. The summed E-state index contributed by atoms with van der Waals surface area (Å²) in [4.78, 5) is 12.5. The van der Waals surface area contributed by atoms with E-state index in [2.05, 4.69) is 15.9 Å². The van der Waals surface area contributed by atoms with Crippen LogP contribution in [0.15, 0.2) is 45.8 Å². The van der Waals surface area contributed by atoms with Crippen LogP contribution in [-0.2, 0) is 23.6 Å². The fraction of sp³-hybridized carbons (Fsp3) is 0.167. The molecule has 7 heteroatoms. The van der Waals surface area contributed by atoms with Crippen LogP contribution in [0.2, 0.25) is 0 Å². The Morgan fingerprint density at radius 1 is 1.28 bits per heavy atom. The summed E-state index contributed by atoms with van der Waals surface area (Å²) in [6, 6.07) is 10.4. The third kappa shape index (κ3) is 3.21. The summed E-state index contributed by atoms with van der Waals surface area (Å²) >= 11 is 3.25. The third-order valence-corrected chi connectivity index (χ3v) is 6.07. The van der Waals surface area contributed by atoms with Gasteiger partial charge < -0.3 is 14.8 Å². The second-order valence-corrected chi connectivity index (χ2v) is 8.12. The van der Waals surface area contributed by atoms with Gasteiger partial charge in [-0.25, -0.2) is 4.79 Å². The third-order valence-electron chi connectivity index (χ3n) is 4.12. The maximum absolute atomic E-state index is 12.8. The molecule has 1 unspecified atom stereocenters. The maximum Gasteiger partial charge on any atom is 0.338 e. The van der Waals surface area contributed by atoms with Gasteiger partial charge in [-0.2, -0.15) is 0 Å².